The van der Waals surface area contributed by atoms with Crippen LogP contribution in [-0.2, 0) is 0 Å². The van der Waals surface area contributed by atoms with Crippen molar-refractivity contribution in [1.29, 1.82) is 0 Å². The van der Waals surface area contributed by atoms with E-state index in [0.717, 1.165) is 12.8 Å². The molecule has 10 heavy (non-hydrogen) atoms. The number of aliphatic hydroxyl groups is 2. The molecule has 0 spiro atoms. The molecule has 1 fully saturated rings. The fourth-order valence-corrected chi connectivity index (χ4v) is 1.19. The number of hydrogen-bond acceptors (Lipinski definition) is 3. The topological polar surface area (TPSA) is 66.5 Å². The Morgan fingerprint density at radius 1 is 1.20 bits per heavy atom. The normalized spacial score (nSPS) is 40.5. The average molecular weight is 168 g/mol. The van der Waals surface area contributed by atoms with Crippen molar-refractivity contribution in [3.63, 3.8) is 0 Å². The lowest BCUT2D eigenvalue weighted by molar-refractivity contribution is -0.0205. The molecule has 4 heteroatoms. The van der Waals surface area contributed by atoms with Gasteiger partial charge in [-0.1, -0.05) is 0 Å². The first kappa shape index (κ1) is 10.2. The van der Waals surface area contributed by atoms with Crippen molar-refractivity contribution >= 4 is 12.4 Å². The predicted molar refractivity (Wildman–Crippen MR) is 41.1 cm³/mol. The summed E-state index contributed by atoms with van der Waals surface area (Å²) < 4.78 is 0. The van der Waals surface area contributed by atoms with Crippen LogP contribution in [0.5, 0.6) is 0 Å². The molecule has 0 aromatic heterocycles. The van der Waals surface area contributed by atoms with Crippen LogP contribution in [0.1, 0.15) is 19.3 Å². The summed E-state index contributed by atoms with van der Waals surface area (Å²) in [5.41, 5.74) is 5.46. The average Bonchev–Trinajstić information content (AvgIpc) is 1.83. The van der Waals surface area contributed by atoms with E-state index in [1.165, 1.54) is 0 Å². The highest BCUT2D eigenvalue weighted by molar-refractivity contribution is 5.85. The molecule has 62 valence electrons. The molecular formula is C6H14ClNO2. The Kier molecular flexibility index (Phi) is 4.20. The molecule has 0 aromatic carbocycles. The van der Waals surface area contributed by atoms with Gasteiger partial charge < -0.3 is 15.9 Å². The molecule has 0 saturated heterocycles. The number of rotatable bonds is 0. The van der Waals surface area contributed by atoms with Crippen LogP contribution in [0.4, 0.5) is 0 Å². The van der Waals surface area contributed by atoms with E-state index in [1.807, 2.05) is 0 Å². The smallest absolute Gasteiger partial charge is 0.0949 e. The molecule has 1 rings (SSSR count). The summed E-state index contributed by atoms with van der Waals surface area (Å²) in [6.07, 6.45) is 1.17. The molecule has 3 nitrogen and oxygen atoms in total. The van der Waals surface area contributed by atoms with Gasteiger partial charge in [0, 0.05) is 6.04 Å². The van der Waals surface area contributed by atoms with Crippen molar-refractivity contribution in [1.82, 2.24) is 0 Å². The first-order chi connectivity index (χ1) is 4.22. The van der Waals surface area contributed by atoms with Crippen LogP contribution in [0.25, 0.3) is 0 Å². The van der Waals surface area contributed by atoms with Gasteiger partial charge >= 0.3 is 0 Å². The summed E-state index contributed by atoms with van der Waals surface area (Å²) in [4.78, 5) is 0. The van der Waals surface area contributed by atoms with Gasteiger partial charge in [0.1, 0.15) is 0 Å². The molecule has 1 saturated carbocycles. The summed E-state index contributed by atoms with van der Waals surface area (Å²) in [6.45, 7) is 0. The Morgan fingerprint density at radius 2 is 1.80 bits per heavy atom. The third kappa shape index (κ3) is 2.09. The summed E-state index contributed by atoms with van der Waals surface area (Å²) in [6, 6.07) is -0.214. The number of halogens is 1. The zero-order chi connectivity index (χ0) is 6.85. The van der Waals surface area contributed by atoms with Crippen molar-refractivity contribution in [2.45, 2.75) is 37.5 Å². The standard InChI is InChI=1S/C6H13NO2.ClH/c7-4-2-1-3-5(8)6(4)9;/h4-6,8-9H,1-3,7H2;1H/t4-,5?,6?;/m1./s1. The summed E-state index contributed by atoms with van der Waals surface area (Å²) >= 11 is 0. The third-order valence-corrected chi connectivity index (χ3v) is 1.87. The highest BCUT2D eigenvalue weighted by Gasteiger charge is 2.26. The maximum atomic E-state index is 9.07. The lowest BCUT2D eigenvalue weighted by Gasteiger charge is -2.28. The van der Waals surface area contributed by atoms with E-state index in [4.69, 9.17) is 15.9 Å². The van der Waals surface area contributed by atoms with Crippen LogP contribution in [0.3, 0.4) is 0 Å². The predicted octanol–water partition coefficient (Wildman–Crippen LogP) is -0.359. The maximum Gasteiger partial charge on any atom is 0.0949 e. The van der Waals surface area contributed by atoms with Gasteiger partial charge in [-0.15, -0.1) is 12.4 Å². The molecule has 3 atom stereocenters. The van der Waals surface area contributed by atoms with E-state index in [9.17, 15) is 0 Å². The quantitative estimate of drug-likeness (QED) is 0.462. The van der Waals surface area contributed by atoms with Gasteiger partial charge in [0.05, 0.1) is 12.2 Å². The Bertz CT molecular complexity index is 91.7. The molecule has 2 unspecified atom stereocenters. The summed E-state index contributed by atoms with van der Waals surface area (Å²) in [5.74, 6) is 0. The molecular weight excluding hydrogens is 154 g/mol. The third-order valence-electron chi connectivity index (χ3n) is 1.87. The second-order valence-electron chi connectivity index (χ2n) is 2.65. The Hall–Kier alpha value is 0.170. The van der Waals surface area contributed by atoms with Crippen LogP contribution in [0.15, 0.2) is 0 Å². The highest BCUT2D eigenvalue weighted by Crippen LogP contribution is 2.16. The van der Waals surface area contributed by atoms with E-state index < -0.39 is 12.2 Å². The Balaban J connectivity index is 0.000000810. The fraction of sp³-hybridized carbons (Fsp3) is 1.00. The van der Waals surface area contributed by atoms with E-state index in [0.29, 0.717) is 6.42 Å². The van der Waals surface area contributed by atoms with Gasteiger partial charge in [-0.2, -0.15) is 0 Å². The number of aliphatic hydroxyl groups excluding tert-OH is 2. The van der Waals surface area contributed by atoms with E-state index in [1.54, 1.807) is 0 Å². The highest BCUT2D eigenvalue weighted by atomic mass is 35.5. The first-order valence-corrected chi connectivity index (χ1v) is 3.33. The minimum absolute atomic E-state index is 0. The minimum atomic E-state index is -0.696. The fourth-order valence-electron chi connectivity index (χ4n) is 1.19. The van der Waals surface area contributed by atoms with Crippen molar-refractivity contribution < 1.29 is 10.2 Å². The van der Waals surface area contributed by atoms with Gasteiger partial charge in [0.15, 0.2) is 0 Å². The molecule has 0 bridgehead atoms. The minimum Gasteiger partial charge on any atom is -0.390 e. The van der Waals surface area contributed by atoms with Crippen LogP contribution in [-0.4, -0.2) is 28.5 Å². The molecule has 0 heterocycles. The lowest BCUT2D eigenvalue weighted by atomic mass is 9.91. The molecule has 0 amide bonds. The van der Waals surface area contributed by atoms with Crippen molar-refractivity contribution in [3.05, 3.63) is 0 Å². The van der Waals surface area contributed by atoms with Gasteiger partial charge in [-0.05, 0) is 19.3 Å². The maximum absolute atomic E-state index is 9.07. The zero-order valence-corrected chi connectivity index (χ0v) is 6.55. The summed E-state index contributed by atoms with van der Waals surface area (Å²) in [7, 11) is 0. The second-order valence-corrected chi connectivity index (χ2v) is 2.65. The SMILES string of the molecule is Cl.N[C@@H]1CCCC(O)C1O. The molecule has 1 aliphatic rings. The Morgan fingerprint density at radius 3 is 2.20 bits per heavy atom. The monoisotopic (exact) mass is 167 g/mol. The van der Waals surface area contributed by atoms with Crippen LogP contribution in [0.2, 0.25) is 0 Å². The number of nitrogens with two attached hydrogens (primary N) is 1. The summed E-state index contributed by atoms with van der Waals surface area (Å²) in [5, 5.41) is 18.1. The molecule has 0 aliphatic heterocycles. The number of hydrogen-bond donors (Lipinski definition) is 3. The van der Waals surface area contributed by atoms with Gasteiger partial charge in [-0.25, -0.2) is 0 Å². The van der Waals surface area contributed by atoms with Gasteiger partial charge in [-0.3, -0.25) is 0 Å². The molecule has 1 aliphatic carbocycles. The zero-order valence-electron chi connectivity index (χ0n) is 5.73. The molecule has 0 aromatic rings. The largest absolute Gasteiger partial charge is 0.390 e. The second kappa shape index (κ2) is 4.13. The van der Waals surface area contributed by atoms with Gasteiger partial charge in [0.2, 0.25) is 0 Å². The van der Waals surface area contributed by atoms with E-state index >= 15 is 0 Å². The van der Waals surface area contributed by atoms with E-state index in [2.05, 4.69) is 0 Å². The van der Waals surface area contributed by atoms with Crippen molar-refractivity contribution in [2.75, 3.05) is 0 Å². The van der Waals surface area contributed by atoms with E-state index in [-0.39, 0.29) is 18.4 Å². The molecule has 0 radical (unpaired) electrons. The van der Waals surface area contributed by atoms with Crippen LogP contribution in [0, 0.1) is 0 Å². The van der Waals surface area contributed by atoms with Crippen LogP contribution >= 0.6 is 12.4 Å². The van der Waals surface area contributed by atoms with Crippen molar-refractivity contribution in [3.8, 4) is 0 Å². The Labute approximate surface area is 66.6 Å². The van der Waals surface area contributed by atoms with Crippen LogP contribution < -0.4 is 5.73 Å². The first-order valence-electron chi connectivity index (χ1n) is 3.33. The van der Waals surface area contributed by atoms with Crippen molar-refractivity contribution in [2.24, 2.45) is 5.73 Å². The lowest BCUT2D eigenvalue weighted by Crippen LogP contribution is -2.46. The van der Waals surface area contributed by atoms with Gasteiger partial charge in [0.25, 0.3) is 0 Å². The molecule has 4 N–H and O–H groups in total.